The third kappa shape index (κ3) is 1.69. The Hall–Kier alpha value is -0.670. The number of hydrogen-bond donors (Lipinski definition) is 0. The highest BCUT2D eigenvalue weighted by molar-refractivity contribution is 9.09. The fraction of sp³-hybridized carbons (Fsp3) is 0.588. The van der Waals surface area contributed by atoms with Crippen molar-refractivity contribution in [3.63, 3.8) is 0 Å². The van der Waals surface area contributed by atoms with Crippen molar-refractivity contribution in [3.05, 3.63) is 35.9 Å². The van der Waals surface area contributed by atoms with Crippen LogP contribution in [0, 0.1) is 11.8 Å². The van der Waals surface area contributed by atoms with Gasteiger partial charge in [0.15, 0.2) is 5.78 Å². The van der Waals surface area contributed by atoms with E-state index in [2.05, 4.69) is 47.1 Å². The molecule has 2 saturated carbocycles. The summed E-state index contributed by atoms with van der Waals surface area (Å²) in [6.07, 6.45) is 2.88. The van der Waals surface area contributed by atoms with Crippen molar-refractivity contribution in [2.75, 3.05) is 0 Å². The van der Waals surface area contributed by atoms with Crippen LogP contribution in [0.4, 0.5) is 0 Å². The molecular formula is C17H19BrO2. The second kappa shape index (κ2) is 4.41. The molecule has 4 rings (SSSR count). The van der Waals surface area contributed by atoms with Crippen molar-refractivity contribution in [2.45, 2.75) is 48.6 Å². The molecule has 0 radical (unpaired) electrons. The Morgan fingerprint density at radius 2 is 2.00 bits per heavy atom. The molecule has 3 aliphatic rings. The zero-order valence-corrected chi connectivity index (χ0v) is 13.2. The number of rotatable bonds is 1. The number of ketones is 1. The average molecular weight is 335 g/mol. The molecule has 2 bridgehead atoms. The van der Waals surface area contributed by atoms with E-state index in [0.29, 0.717) is 28.9 Å². The van der Waals surface area contributed by atoms with Gasteiger partial charge in [-0.2, -0.15) is 0 Å². The zero-order chi connectivity index (χ0) is 13.9. The third-order valence-electron chi connectivity index (χ3n) is 5.72. The van der Waals surface area contributed by atoms with Gasteiger partial charge in [0.1, 0.15) is 6.10 Å². The zero-order valence-electron chi connectivity index (χ0n) is 11.6. The van der Waals surface area contributed by atoms with Crippen LogP contribution in [-0.2, 0) is 14.9 Å². The van der Waals surface area contributed by atoms with Gasteiger partial charge in [-0.15, -0.1) is 0 Å². The summed E-state index contributed by atoms with van der Waals surface area (Å²) in [7, 11) is 0. The minimum atomic E-state index is -0.135. The lowest BCUT2D eigenvalue weighted by molar-refractivity contribution is -0.137. The first kappa shape index (κ1) is 13.0. The molecule has 3 heteroatoms. The molecule has 106 valence electrons. The van der Waals surface area contributed by atoms with E-state index in [1.54, 1.807) is 0 Å². The van der Waals surface area contributed by atoms with Crippen molar-refractivity contribution in [1.29, 1.82) is 0 Å². The Kier molecular flexibility index (Phi) is 2.87. The molecule has 0 unspecified atom stereocenters. The van der Waals surface area contributed by atoms with Crippen LogP contribution in [0.2, 0.25) is 0 Å². The fourth-order valence-electron chi connectivity index (χ4n) is 4.69. The number of carbonyl (C=O) groups excluding carboxylic acids is 1. The normalized spacial score (nSPS) is 46.5. The van der Waals surface area contributed by atoms with E-state index in [9.17, 15) is 4.79 Å². The van der Waals surface area contributed by atoms with E-state index in [-0.39, 0.29) is 17.6 Å². The Balaban J connectivity index is 1.79. The lowest BCUT2D eigenvalue weighted by Gasteiger charge is -2.48. The molecule has 20 heavy (non-hydrogen) atoms. The van der Waals surface area contributed by atoms with Gasteiger partial charge in [0.2, 0.25) is 0 Å². The molecule has 2 nitrogen and oxygen atoms in total. The van der Waals surface area contributed by atoms with E-state index in [1.165, 1.54) is 5.56 Å². The molecule has 3 fully saturated rings. The first-order chi connectivity index (χ1) is 9.59. The number of benzene rings is 1. The summed E-state index contributed by atoms with van der Waals surface area (Å²) in [5, 5.41) is 0. The van der Waals surface area contributed by atoms with Gasteiger partial charge in [-0.05, 0) is 30.2 Å². The van der Waals surface area contributed by atoms with Crippen LogP contribution in [0.15, 0.2) is 30.3 Å². The van der Waals surface area contributed by atoms with Crippen LogP contribution in [0.25, 0.3) is 0 Å². The molecule has 0 N–H and O–H groups in total. The lowest BCUT2D eigenvalue weighted by atomic mass is 9.55. The van der Waals surface area contributed by atoms with E-state index in [4.69, 9.17) is 4.74 Å². The minimum absolute atomic E-state index is 0.0375. The van der Waals surface area contributed by atoms with Crippen LogP contribution in [0.1, 0.15) is 31.7 Å². The molecule has 1 heterocycles. The number of hydrogen-bond acceptors (Lipinski definition) is 2. The molecule has 1 aliphatic heterocycles. The summed E-state index contributed by atoms with van der Waals surface area (Å²) >= 11 is 3.79. The standard InChI is InChI=1S/C17H19BrO2/c1-17(10-5-3-2-4-6-10)9-14(19)16-11-7-15(20-16)13(18)8-12(11)17/h2-6,11-13,15-16H,7-9H2,1H3/t11-,12+,13+,15+,16-,17-/m1/s1. The molecule has 6 atom stereocenters. The smallest absolute Gasteiger partial charge is 0.162 e. The first-order valence-electron chi connectivity index (χ1n) is 7.47. The quantitative estimate of drug-likeness (QED) is 0.735. The minimum Gasteiger partial charge on any atom is -0.366 e. The topological polar surface area (TPSA) is 26.3 Å². The van der Waals surface area contributed by atoms with Crippen molar-refractivity contribution >= 4 is 21.7 Å². The Morgan fingerprint density at radius 3 is 2.75 bits per heavy atom. The summed E-state index contributed by atoms with van der Waals surface area (Å²) in [5.74, 6) is 1.26. The largest absolute Gasteiger partial charge is 0.366 e. The first-order valence-corrected chi connectivity index (χ1v) is 8.39. The predicted molar refractivity (Wildman–Crippen MR) is 81.0 cm³/mol. The number of halogens is 1. The van der Waals surface area contributed by atoms with E-state index in [0.717, 1.165) is 12.8 Å². The highest BCUT2D eigenvalue weighted by Gasteiger charge is 2.59. The van der Waals surface area contributed by atoms with Crippen molar-refractivity contribution < 1.29 is 9.53 Å². The molecule has 1 aromatic rings. The average Bonchev–Trinajstić information content (AvgIpc) is 2.85. The Morgan fingerprint density at radius 1 is 1.25 bits per heavy atom. The maximum atomic E-state index is 12.5. The van der Waals surface area contributed by atoms with Gasteiger partial charge in [-0.25, -0.2) is 0 Å². The van der Waals surface area contributed by atoms with Crippen LogP contribution < -0.4 is 0 Å². The molecule has 1 aromatic carbocycles. The molecule has 2 aliphatic carbocycles. The van der Waals surface area contributed by atoms with Gasteiger partial charge in [0, 0.05) is 16.7 Å². The maximum Gasteiger partial charge on any atom is 0.162 e. The highest BCUT2D eigenvalue weighted by Crippen LogP contribution is 2.56. The summed E-state index contributed by atoms with van der Waals surface area (Å²) in [4.78, 5) is 12.9. The van der Waals surface area contributed by atoms with E-state index in [1.807, 2.05) is 6.07 Å². The van der Waals surface area contributed by atoms with E-state index >= 15 is 0 Å². The summed E-state index contributed by atoms with van der Waals surface area (Å²) in [6.45, 7) is 2.28. The highest BCUT2D eigenvalue weighted by atomic mass is 79.9. The summed E-state index contributed by atoms with van der Waals surface area (Å²) in [5.41, 5.74) is 1.27. The van der Waals surface area contributed by atoms with Crippen molar-refractivity contribution in [2.24, 2.45) is 11.8 Å². The second-order valence-electron chi connectivity index (χ2n) is 6.78. The van der Waals surface area contributed by atoms with Crippen LogP contribution in [0.5, 0.6) is 0 Å². The molecule has 0 amide bonds. The van der Waals surface area contributed by atoms with Gasteiger partial charge in [-0.3, -0.25) is 4.79 Å². The SMILES string of the molecule is C[C@]1(c2ccccc2)CC(=O)[C@@H]2O[C@H]3C[C@@H]2[C@@H]1C[C@@H]3Br. The molecular weight excluding hydrogens is 316 g/mol. The van der Waals surface area contributed by atoms with Gasteiger partial charge < -0.3 is 4.74 Å². The monoisotopic (exact) mass is 334 g/mol. The van der Waals surface area contributed by atoms with E-state index < -0.39 is 0 Å². The lowest BCUT2D eigenvalue weighted by Crippen LogP contribution is -2.51. The van der Waals surface area contributed by atoms with Crippen LogP contribution >= 0.6 is 15.9 Å². The Bertz CT molecular complexity index is 543. The maximum absolute atomic E-state index is 12.5. The van der Waals surface area contributed by atoms with Gasteiger partial charge in [0.25, 0.3) is 0 Å². The predicted octanol–water partition coefficient (Wildman–Crippen LogP) is 3.47. The summed E-state index contributed by atoms with van der Waals surface area (Å²) in [6, 6.07) is 10.6. The van der Waals surface area contributed by atoms with Gasteiger partial charge in [0.05, 0.1) is 6.10 Å². The molecule has 0 aromatic heterocycles. The second-order valence-corrected chi connectivity index (χ2v) is 7.96. The fourth-order valence-corrected chi connectivity index (χ4v) is 5.43. The van der Waals surface area contributed by atoms with Crippen LogP contribution in [-0.4, -0.2) is 22.8 Å². The number of ether oxygens (including phenoxy) is 1. The van der Waals surface area contributed by atoms with Crippen molar-refractivity contribution in [1.82, 2.24) is 0 Å². The molecule has 0 spiro atoms. The third-order valence-corrected chi connectivity index (χ3v) is 6.69. The number of alkyl halides is 1. The van der Waals surface area contributed by atoms with Gasteiger partial charge >= 0.3 is 0 Å². The molecule has 1 saturated heterocycles. The number of fused-ring (bicyclic) bond motifs is 1. The van der Waals surface area contributed by atoms with Crippen molar-refractivity contribution in [3.8, 4) is 0 Å². The van der Waals surface area contributed by atoms with Crippen LogP contribution in [0.3, 0.4) is 0 Å². The number of carbonyl (C=O) groups is 1. The number of Topliss-reactive ketones (excluding diaryl/α,β-unsaturated/α-hetero) is 1. The summed E-state index contributed by atoms with van der Waals surface area (Å²) < 4.78 is 6.01. The Labute approximate surface area is 128 Å². The van der Waals surface area contributed by atoms with Gasteiger partial charge in [-0.1, -0.05) is 53.2 Å².